The number of unbranched alkanes of at least 4 members (excludes halogenated alkanes) is 7. The molecule has 1 heterocycles. The molecule has 0 saturated heterocycles. The molecule has 2 rings (SSSR count). The molecule has 3 heteroatoms. The second kappa shape index (κ2) is 9.42. The van der Waals surface area contributed by atoms with Gasteiger partial charge >= 0.3 is 0 Å². The highest BCUT2D eigenvalue weighted by Gasteiger charge is 2.02. The predicted octanol–water partition coefficient (Wildman–Crippen LogP) is 4.60. The summed E-state index contributed by atoms with van der Waals surface area (Å²) in [4.78, 5) is 4.57. The molecule has 1 aromatic heterocycles. The lowest BCUT2D eigenvalue weighted by Gasteiger charge is -2.05. The van der Waals surface area contributed by atoms with E-state index in [4.69, 9.17) is 5.11 Å². The molecule has 0 aliphatic heterocycles. The largest absolute Gasteiger partial charge is 0.506 e. The minimum Gasteiger partial charge on any atom is -0.506 e. The van der Waals surface area contributed by atoms with E-state index in [0.29, 0.717) is 12.1 Å². The first-order valence-corrected chi connectivity index (χ1v) is 8.50. The van der Waals surface area contributed by atoms with Crippen LogP contribution < -0.4 is 0 Å². The molecule has 0 radical (unpaired) electrons. The number of rotatable bonds is 10. The predicted molar refractivity (Wildman–Crippen MR) is 91.1 cm³/mol. The number of aromatic hydroxyl groups is 1. The Morgan fingerprint density at radius 1 is 0.773 bits per heavy atom. The van der Waals surface area contributed by atoms with E-state index < -0.39 is 0 Å². The van der Waals surface area contributed by atoms with Gasteiger partial charge in [0.15, 0.2) is 0 Å². The third-order valence-electron chi connectivity index (χ3n) is 4.10. The van der Waals surface area contributed by atoms with Crippen LogP contribution in [0.3, 0.4) is 0 Å². The number of phenolic OH excluding ortho intramolecular Hbond substituents is 1. The lowest BCUT2D eigenvalue weighted by molar-refractivity contribution is 0.282. The number of benzene rings is 1. The highest BCUT2D eigenvalue weighted by molar-refractivity contribution is 5.84. The summed E-state index contributed by atoms with van der Waals surface area (Å²) >= 11 is 0. The van der Waals surface area contributed by atoms with Crippen molar-refractivity contribution < 1.29 is 10.2 Å². The maximum absolute atomic E-state index is 9.85. The summed E-state index contributed by atoms with van der Waals surface area (Å²) in [5, 5.41) is 19.5. The number of nitrogens with zero attached hydrogens (tertiary/aromatic N) is 1. The first-order valence-electron chi connectivity index (χ1n) is 8.50. The number of aromatic nitrogens is 1. The second-order valence-corrected chi connectivity index (χ2v) is 5.95. The lowest BCUT2D eigenvalue weighted by atomic mass is 10.1. The quantitative estimate of drug-likeness (QED) is 0.631. The third kappa shape index (κ3) is 5.30. The molecule has 22 heavy (non-hydrogen) atoms. The van der Waals surface area contributed by atoms with Gasteiger partial charge in [-0.2, -0.15) is 0 Å². The monoisotopic (exact) mass is 301 g/mol. The van der Waals surface area contributed by atoms with Gasteiger partial charge in [-0.05, 0) is 31.4 Å². The van der Waals surface area contributed by atoms with Crippen molar-refractivity contribution in [2.24, 2.45) is 0 Å². The minimum atomic E-state index is 0.266. The first kappa shape index (κ1) is 16.8. The molecule has 0 spiro atoms. The van der Waals surface area contributed by atoms with Crippen molar-refractivity contribution in [3.8, 4) is 5.75 Å². The van der Waals surface area contributed by atoms with Crippen LogP contribution in [0.5, 0.6) is 5.75 Å². The van der Waals surface area contributed by atoms with E-state index in [2.05, 4.69) is 11.1 Å². The molecule has 0 unspecified atom stereocenters. The molecule has 0 amide bonds. The molecule has 3 nitrogen and oxygen atoms in total. The Bertz CT molecular complexity index is 568. The van der Waals surface area contributed by atoms with Crippen molar-refractivity contribution >= 4 is 10.9 Å². The van der Waals surface area contributed by atoms with Gasteiger partial charge in [0.05, 0.1) is 0 Å². The van der Waals surface area contributed by atoms with Crippen LogP contribution in [0.4, 0.5) is 0 Å². The van der Waals surface area contributed by atoms with Crippen molar-refractivity contribution in [3.63, 3.8) is 0 Å². The Morgan fingerprint density at radius 3 is 2.18 bits per heavy atom. The minimum absolute atomic E-state index is 0.266. The van der Waals surface area contributed by atoms with Crippen LogP contribution >= 0.6 is 0 Å². The number of aliphatic hydroxyl groups excluding tert-OH is 1. The number of pyridine rings is 1. The molecule has 1 aromatic carbocycles. The molecule has 120 valence electrons. The molecule has 0 saturated carbocycles. The zero-order valence-corrected chi connectivity index (χ0v) is 13.3. The summed E-state index contributed by atoms with van der Waals surface area (Å²) in [5.74, 6) is 0.266. The maximum Gasteiger partial charge on any atom is 0.141 e. The SMILES string of the molecule is OCCCCCCCCCCc1ccc2cccc(O)c2n1. The fourth-order valence-corrected chi connectivity index (χ4v) is 2.79. The molecule has 0 bridgehead atoms. The third-order valence-corrected chi connectivity index (χ3v) is 4.10. The Kier molecular flexibility index (Phi) is 7.17. The van der Waals surface area contributed by atoms with Crippen LogP contribution in [-0.4, -0.2) is 21.8 Å². The summed E-state index contributed by atoms with van der Waals surface area (Å²) in [6, 6.07) is 9.62. The van der Waals surface area contributed by atoms with E-state index in [9.17, 15) is 5.11 Å². The van der Waals surface area contributed by atoms with E-state index in [1.807, 2.05) is 18.2 Å². The number of fused-ring (bicyclic) bond motifs is 1. The van der Waals surface area contributed by atoms with Crippen LogP contribution in [-0.2, 0) is 6.42 Å². The van der Waals surface area contributed by atoms with Crippen LogP contribution in [0.25, 0.3) is 10.9 Å². The Labute approximate surface area is 133 Å². The van der Waals surface area contributed by atoms with Gasteiger partial charge in [0.2, 0.25) is 0 Å². The number of hydrogen-bond acceptors (Lipinski definition) is 3. The summed E-state index contributed by atoms with van der Waals surface area (Å²) in [7, 11) is 0. The number of hydrogen-bond donors (Lipinski definition) is 2. The van der Waals surface area contributed by atoms with Gasteiger partial charge in [-0.1, -0.05) is 56.7 Å². The zero-order valence-electron chi connectivity index (χ0n) is 13.3. The molecule has 0 aliphatic rings. The van der Waals surface area contributed by atoms with Crippen molar-refractivity contribution in [3.05, 3.63) is 36.0 Å². The highest BCUT2D eigenvalue weighted by Crippen LogP contribution is 2.22. The Morgan fingerprint density at radius 2 is 1.45 bits per heavy atom. The van der Waals surface area contributed by atoms with Crippen LogP contribution in [0.2, 0.25) is 0 Å². The summed E-state index contributed by atoms with van der Waals surface area (Å²) < 4.78 is 0. The van der Waals surface area contributed by atoms with Crippen molar-refractivity contribution in [1.29, 1.82) is 0 Å². The smallest absolute Gasteiger partial charge is 0.141 e. The standard InChI is InChI=1S/C19H27NO2/c21-15-8-6-4-2-1-3-5-7-11-17-14-13-16-10-9-12-18(22)19(16)20-17/h9-10,12-14,21-22H,1-8,11,15H2. The first-order chi connectivity index (χ1) is 10.8. The fraction of sp³-hybridized carbons (Fsp3) is 0.526. The summed E-state index contributed by atoms with van der Waals surface area (Å²) in [6.07, 6.45) is 10.6. The molecular weight excluding hydrogens is 274 g/mol. The van der Waals surface area contributed by atoms with Gasteiger partial charge in [-0.15, -0.1) is 0 Å². The van der Waals surface area contributed by atoms with Gasteiger partial charge in [0.1, 0.15) is 11.3 Å². The molecule has 2 aromatic rings. The van der Waals surface area contributed by atoms with Crippen LogP contribution in [0, 0.1) is 0 Å². The molecular formula is C19H27NO2. The highest BCUT2D eigenvalue weighted by atomic mass is 16.3. The van der Waals surface area contributed by atoms with Crippen molar-refractivity contribution in [2.45, 2.75) is 57.8 Å². The van der Waals surface area contributed by atoms with Gasteiger partial charge in [-0.25, -0.2) is 4.98 Å². The summed E-state index contributed by atoms with van der Waals surface area (Å²) in [6.45, 7) is 0.328. The maximum atomic E-state index is 9.85. The normalized spacial score (nSPS) is 11.1. The second-order valence-electron chi connectivity index (χ2n) is 5.95. The van der Waals surface area contributed by atoms with Gasteiger partial charge in [-0.3, -0.25) is 0 Å². The molecule has 0 aliphatic carbocycles. The molecule has 0 atom stereocenters. The fourth-order valence-electron chi connectivity index (χ4n) is 2.79. The number of aryl methyl sites for hydroxylation is 1. The number of aliphatic hydroxyl groups is 1. The van der Waals surface area contributed by atoms with Gasteiger partial charge in [0, 0.05) is 17.7 Å². The lowest BCUT2D eigenvalue weighted by Crippen LogP contribution is -1.92. The van der Waals surface area contributed by atoms with E-state index in [1.54, 1.807) is 6.07 Å². The summed E-state index contributed by atoms with van der Waals surface area (Å²) in [5.41, 5.74) is 1.78. The number of para-hydroxylation sites is 1. The average Bonchev–Trinajstić information content (AvgIpc) is 2.54. The van der Waals surface area contributed by atoms with E-state index in [1.165, 1.54) is 32.1 Å². The van der Waals surface area contributed by atoms with E-state index >= 15 is 0 Å². The Balaban J connectivity index is 1.66. The van der Waals surface area contributed by atoms with Crippen LogP contribution in [0.15, 0.2) is 30.3 Å². The number of phenols is 1. The average molecular weight is 301 g/mol. The van der Waals surface area contributed by atoms with Crippen LogP contribution in [0.1, 0.15) is 57.1 Å². The zero-order chi connectivity index (χ0) is 15.6. The Hall–Kier alpha value is -1.61. The molecule has 0 fully saturated rings. The topological polar surface area (TPSA) is 53.4 Å². The van der Waals surface area contributed by atoms with Crippen molar-refractivity contribution in [1.82, 2.24) is 4.98 Å². The van der Waals surface area contributed by atoms with E-state index in [-0.39, 0.29) is 5.75 Å². The van der Waals surface area contributed by atoms with E-state index in [0.717, 1.165) is 36.8 Å². The van der Waals surface area contributed by atoms with Crippen molar-refractivity contribution in [2.75, 3.05) is 6.61 Å². The van der Waals surface area contributed by atoms with Gasteiger partial charge in [0.25, 0.3) is 0 Å². The van der Waals surface area contributed by atoms with Gasteiger partial charge < -0.3 is 10.2 Å². The molecule has 2 N–H and O–H groups in total.